The SMILES string of the molecule is O=S(=O)(c1cc(Cl)c(Cl)s1)n1ncc2c(OCCN3CCCCC3)cccc21. The van der Waals surface area contributed by atoms with Gasteiger partial charge in [-0.15, -0.1) is 11.3 Å². The summed E-state index contributed by atoms with van der Waals surface area (Å²) in [6.07, 6.45) is 5.28. The minimum absolute atomic E-state index is 0.0453. The van der Waals surface area contributed by atoms with E-state index >= 15 is 0 Å². The average Bonchev–Trinajstić information content (AvgIpc) is 3.28. The molecule has 1 aromatic carbocycles. The average molecular weight is 460 g/mol. The lowest BCUT2D eigenvalue weighted by molar-refractivity contribution is 0.184. The highest BCUT2D eigenvalue weighted by molar-refractivity contribution is 7.92. The molecule has 0 amide bonds. The fourth-order valence-corrected chi connectivity index (χ4v) is 6.54. The number of thiophene rings is 1. The summed E-state index contributed by atoms with van der Waals surface area (Å²) in [5.74, 6) is 0.623. The molecule has 0 atom stereocenters. The number of likely N-dealkylation sites (tertiary alicyclic amines) is 1. The smallest absolute Gasteiger partial charge is 0.293 e. The third-order valence-corrected chi connectivity index (χ3v) is 8.67. The van der Waals surface area contributed by atoms with E-state index in [1.54, 1.807) is 12.1 Å². The molecule has 10 heteroatoms. The Labute approximate surface area is 177 Å². The Kier molecular flexibility index (Phi) is 5.85. The largest absolute Gasteiger partial charge is 0.491 e. The van der Waals surface area contributed by atoms with E-state index in [0.29, 0.717) is 23.3 Å². The monoisotopic (exact) mass is 459 g/mol. The summed E-state index contributed by atoms with van der Waals surface area (Å²) in [5.41, 5.74) is 0.455. The molecule has 0 spiro atoms. The van der Waals surface area contributed by atoms with Crippen LogP contribution in [0.25, 0.3) is 10.9 Å². The highest BCUT2D eigenvalue weighted by Crippen LogP contribution is 2.36. The Morgan fingerprint density at radius 3 is 2.68 bits per heavy atom. The number of fused-ring (bicyclic) bond motifs is 1. The predicted molar refractivity (Wildman–Crippen MR) is 112 cm³/mol. The lowest BCUT2D eigenvalue weighted by Crippen LogP contribution is -2.33. The van der Waals surface area contributed by atoms with E-state index in [1.165, 1.54) is 31.5 Å². The van der Waals surface area contributed by atoms with Crippen LogP contribution in [-0.2, 0) is 10.0 Å². The van der Waals surface area contributed by atoms with Crippen molar-refractivity contribution in [3.63, 3.8) is 0 Å². The molecule has 0 bridgehead atoms. The minimum atomic E-state index is -3.89. The number of hydrogen-bond acceptors (Lipinski definition) is 6. The highest BCUT2D eigenvalue weighted by atomic mass is 35.5. The molecule has 0 unspecified atom stereocenters. The number of benzene rings is 1. The molecule has 28 heavy (non-hydrogen) atoms. The fourth-order valence-electron chi connectivity index (χ4n) is 3.33. The van der Waals surface area contributed by atoms with E-state index in [9.17, 15) is 8.42 Å². The fraction of sp³-hybridized carbons (Fsp3) is 0.389. The van der Waals surface area contributed by atoms with Crippen LogP contribution >= 0.6 is 34.5 Å². The van der Waals surface area contributed by atoms with Crippen LogP contribution in [0.2, 0.25) is 9.36 Å². The first-order valence-electron chi connectivity index (χ1n) is 8.99. The van der Waals surface area contributed by atoms with Gasteiger partial charge in [-0.05, 0) is 44.1 Å². The Balaban J connectivity index is 1.57. The first-order valence-corrected chi connectivity index (χ1v) is 12.0. The van der Waals surface area contributed by atoms with Crippen molar-refractivity contribution in [1.29, 1.82) is 0 Å². The first kappa shape index (κ1) is 20.0. The van der Waals surface area contributed by atoms with Crippen molar-refractivity contribution < 1.29 is 13.2 Å². The van der Waals surface area contributed by atoms with E-state index in [0.717, 1.165) is 35.1 Å². The van der Waals surface area contributed by atoms with Crippen LogP contribution in [0.5, 0.6) is 5.75 Å². The zero-order chi connectivity index (χ0) is 19.7. The van der Waals surface area contributed by atoms with E-state index < -0.39 is 10.0 Å². The van der Waals surface area contributed by atoms with Gasteiger partial charge in [0.1, 0.15) is 20.9 Å². The van der Waals surface area contributed by atoms with Crippen molar-refractivity contribution in [2.24, 2.45) is 0 Å². The molecule has 3 heterocycles. The van der Waals surface area contributed by atoms with Gasteiger partial charge in [0.2, 0.25) is 0 Å². The molecule has 1 aliphatic rings. The number of rotatable bonds is 6. The van der Waals surface area contributed by atoms with Crippen molar-refractivity contribution >= 4 is 55.5 Å². The lowest BCUT2D eigenvalue weighted by atomic mass is 10.1. The normalized spacial score (nSPS) is 15.9. The molecule has 6 nitrogen and oxygen atoms in total. The van der Waals surface area contributed by atoms with Crippen molar-refractivity contribution in [1.82, 2.24) is 14.1 Å². The summed E-state index contributed by atoms with van der Waals surface area (Å²) in [6, 6.07) is 6.64. The minimum Gasteiger partial charge on any atom is -0.491 e. The number of aromatic nitrogens is 2. The summed E-state index contributed by atoms with van der Waals surface area (Å²) in [6.45, 7) is 3.62. The van der Waals surface area contributed by atoms with E-state index in [-0.39, 0.29) is 13.6 Å². The number of halogens is 2. The van der Waals surface area contributed by atoms with E-state index in [1.807, 2.05) is 6.07 Å². The zero-order valence-corrected chi connectivity index (χ0v) is 18.1. The third-order valence-electron chi connectivity index (χ3n) is 4.76. The third kappa shape index (κ3) is 3.89. The molecule has 3 aromatic rings. The standard InChI is InChI=1S/C18H19Cl2N3O3S2/c19-14-11-17(27-18(14)20)28(24,25)23-15-5-4-6-16(13(15)12-21-23)26-10-9-22-7-2-1-3-8-22/h4-6,11-12H,1-3,7-10H2. The van der Waals surface area contributed by atoms with Gasteiger partial charge >= 0.3 is 0 Å². The quantitative estimate of drug-likeness (QED) is 0.542. The molecule has 0 N–H and O–H groups in total. The second-order valence-corrected chi connectivity index (χ2v) is 10.7. The van der Waals surface area contributed by atoms with Gasteiger partial charge < -0.3 is 4.74 Å². The first-order chi connectivity index (χ1) is 13.5. The Hall–Kier alpha value is -1.32. The van der Waals surface area contributed by atoms with Gasteiger partial charge in [-0.1, -0.05) is 35.7 Å². The summed E-state index contributed by atoms with van der Waals surface area (Å²) >= 11 is 12.8. The van der Waals surface area contributed by atoms with Crippen LogP contribution in [0.15, 0.2) is 34.7 Å². The molecule has 0 radical (unpaired) electrons. The molecular weight excluding hydrogens is 441 g/mol. The molecule has 1 aliphatic heterocycles. The lowest BCUT2D eigenvalue weighted by Gasteiger charge is -2.26. The van der Waals surface area contributed by atoms with Gasteiger partial charge in [-0.25, -0.2) is 0 Å². The maximum Gasteiger partial charge on any atom is 0.293 e. The maximum atomic E-state index is 13.0. The Bertz CT molecular complexity index is 1070. The van der Waals surface area contributed by atoms with Crippen LogP contribution in [0.1, 0.15) is 19.3 Å². The topological polar surface area (TPSA) is 64.4 Å². The van der Waals surface area contributed by atoms with Crippen LogP contribution in [0, 0.1) is 0 Å². The molecule has 150 valence electrons. The van der Waals surface area contributed by atoms with Crippen molar-refractivity contribution in [2.75, 3.05) is 26.2 Å². The molecular formula is C18H19Cl2N3O3S2. The molecule has 2 aromatic heterocycles. The van der Waals surface area contributed by atoms with Crippen molar-refractivity contribution in [2.45, 2.75) is 23.5 Å². The number of ether oxygens (including phenoxy) is 1. The second kappa shape index (κ2) is 8.20. The maximum absolute atomic E-state index is 13.0. The van der Waals surface area contributed by atoms with Gasteiger partial charge in [0, 0.05) is 6.54 Å². The van der Waals surface area contributed by atoms with Gasteiger partial charge in [0.15, 0.2) is 0 Å². The van der Waals surface area contributed by atoms with Crippen molar-refractivity contribution in [3.8, 4) is 5.75 Å². The highest BCUT2D eigenvalue weighted by Gasteiger charge is 2.25. The number of nitrogens with zero attached hydrogens (tertiary/aromatic N) is 3. The van der Waals surface area contributed by atoms with Crippen LogP contribution in [0.4, 0.5) is 0 Å². The van der Waals surface area contributed by atoms with Gasteiger partial charge in [-0.3, -0.25) is 4.90 Å². The number of hydrogen-bond donors (Lipinski definition) is 0. The van der Waals surface area contributed by atoms with Crippen LogP contribution in [-0.4, -0.2) is 48.7 Å². The van der Waals surface area contributed by atoms with Crippen LogP contribution in [0.3, 0.4) is 0 Å². The molecule has 0 aliphatic carbocycles. The Morgan fingerprint density at radius 1 is 1.18 bits per heavy atom. The summed E-state index contributed by atoms with van der Waals surface area (Å²) in [7, 11) is -3.89. The number of piperidine rings is 1. The van der Waals surface area contributed by atoms with Gasteiger partial charge in [0.05, 0.1) is 22.1 Å². The van der Waals surface area contributed by atoms with E-state index in [4.69, 9.17) is 27.9 Å². The summed E-state index contributed by atoms with van der Waals surface area (Å²) < 4.78 is 33.1. The Morgan fingerprint density at radius 2 is 1.96 bits per heavy atom. The zero-order valence-electron chi connectivity index (χ0n) is 15.0. The molecule has 4 rings (SSSR count). The summed E-state index contributed by atoms with van der Waals surface area (Å²) in [4.78, 5) is 2.39. The molecule has 1 fully saturated rings. The van der Waals surface area contributed by atoms with Crippen LogP contribution < -0.4 is 4.74 Å². The molecule has 0 saturated carbocycles. The second-order valence-electron chi connectivity index (χ2n) is 6.62. The van der Waals surface area contributed by atoms with Gasteiger partial charge in [0.25, 0.3) is 10.0 Å². The van der Waals surface area contributed by atoms with E-state index in [2.05, 4.69) is 10.00 Å². The molecule has 1 saturated heterocycles. The van der Waals surface area contributed by atoms with Crippen molar-refractivity contribution in [3.05, 3.63) is 39.8 Å². The summed E-state index contributed by atoms with van der Waals surface area (Å²) in [5, 5.41) is 4.96. The van der Waals surface area contributed by atoms with Gasteiger partial charge in [-0.2, -0.15) is 17.6 Å². The predicted octanol–water partition coefficient (Wildman–Crippen LogP) is 4.51.